The van der Waals surface area contributed by atoms with Crippen molar-refractivity contribution in [3.05, 3.63) is 35.4 Å². The van der Waals surface area contributed by atoms with Crippen LogP contribution in [-0.4, -0.2) is 23.9 Å². The number of aliphatic hydroxyl groups excluding tert-OH is 1. The van der Waals surface area contributed by atoms with Gasteiger partial charge in [-0.2, -0.15) is 0 Å². The fourth-order valence-electron chi connectivity index (χ4n) is 2.13. The number of hydrogen-bond acceptors (Lipinski definition) is 2. The standard InChI is InChI=1S/C13H16F2O2/c14-10-5-3-4-9(13(10)15)8-11(16)12-6-1-2-7-17-12/h3-5,11-12,16H,1-2,6-8H2. The number of hydrogen-bond donors (Lipinski definition) is 1. The lowest BCUT2D eigenvalue weighted by Gasteiger charge is -2.27. The lowest BCUT2D eigenvalue weighted by Crippen LogP contribution is -2.33. The summed E-state index contributed by atoms with van der Waals surface area (Å²) in [6, 6.07) is 4.01. The van der Waals surface area contributed by atoms with Gasteiger partial charge in [-0.25, -0.2) is 8.78 Å². The molecule has 2 nitrogen and oxygen atoms in total. The summed E-state index contributed by atoms with van der Waals surface area (Å²) >= 11 is 0. The van der Waals surface area contributed by atoms with E-state index in [9.17, 15) is 13.9 Å². The van der Waals surface area contributed by atoms with Gasteiger partial charge in [0.1, 0.15) is 0 Å². The molecule has 0 radical (unpaired) electrons. The molecule has 1 aliphatic heterocycles. The van der Waals surface area contributed by atoms with Crippen molar-refractivity contribution in [3.63, 3.8) is 0 Å². The molecule has 0 amide bonds. The normalized spacial score (nSPS) is 22.4. The Morgan fingerprint density at radius 2 is 2.18 bits per heavy atom. The average Bonchev–Trinajstić information content (AvgIpc) is 2.36. The van der Waals surface area contributed by atoms with Crippen molar-refractivity contribution in [1.82, 2.24) is 0 Å². The predicted octanol–water partition coefficient (Wildman–Crippen LogP) is 2.44. The minimum Gasteiger partial charge on any atom is -0.390 e. The van der Waals surface area contributed by atoms with Gasteiger partial charge >= 0.3 is 0 Å². The molecule has 4 heteroatoms. The predicted molar refractivity (Wildman–Crippen MR) is 59.7 cm³/mol. The Morgan fingerprint density at radius 1 is 1.35 bits per heavy atom. The first-order valence-corrected chi connectivity index (χ1v) is 5.91. The molecule has 1 heterocycles. The molecule has 1 N–H and O–H groups in total. The maximum absolute atomic E-state index is 13.4. The zero-order valence-electron chi connectivity index (χ0n) is 9.53. The van der Waals surface area contributed by atoms with E-state index < -0.39 is 17.7 Å². The van der Waals surface area contributed by atoms with Gasteiger partial charge in [0.2, 0.25) is 0 Å². The molecule has 0 aromatic heterocycles. The van der Waals surface area contributed by atoms with Crippen molar-refractivity contribution in [3.8, 4) is 0 Å². The van der Waals surface area contributed by atoms with Crippen molar-refractivity contribution >= 4 is 0 Å². The molecular formula is C13H16F2O2. The van der Waals surface area contributed by atoms with E-state index in [4.69, 9.17) is 4.74 Å². The minimum absolute atomic E-state index is 0.0915. The molecule has 0 aliphatic carbocycles. The number of ether oxygens (including phenoxy) is 1. The SMILES string of the molecule is OC(Cc1cccc(F)c1F)C1CCCCO1. The summed E-state index contributed by atoms with van der Waals surface area (Å²) in [5.41, 5.74) is 0.201. The number of rotatable bonds is 3. The molecule has 0 bridgehead atoms. The van der Waals surface area contributed by atoms with Gasteiger partial charge in [0, 0.05) is 13.0 Å². The quantitative estimate of drug-likeness (QED) is 0.882. The first-order valence-electron chi connectivity index (χ1n) is 5.91. The van der Waals surface area contributed by atoms with Crippen LogP contribution < -0.4 is 0 Å². The van der Waals surface area contributed by atoms with Gasteiger partial charge in [-0.15, -0.1) is 0 Å². The minimum atomic E-state index is -0.876. The van der Waals surface area contributed by atoms with Gasteiger partial charge in [0.15, 0.2) is 11.6 Å². The van der Waals surface area contributed by atoms with E-state index in [0.29, 0.717) is 6.61 Å². The van der Waals surface area contributed by atoms with Gasteiger partial charge < -0.3 is 9.84 Å². The molecule has 2 rings (SSSR count). The molecule has 1 aromatic rings. The molecule has 0 spiro atoms. The van der Waals surface area contributed by atoms with Gasteiger partial charge in [-0.05, 0) is 30.9 Å². The lowest BCUT2D eigenvalue weighted by atomic mass is 9.98. The number of halogens is 2. The molecule has 0 saturated carbocycles. The van der Waals surface area contributed by atoms with Crippen molar-refractivity contribution in [2.45, 2.75) is 37.9 Å². The molecule has 94 valence electrons. The van der Waals surface area contributed by atoms with Crippen LogP contribution >= 0.6 is 0 Å². The summed E-state index contributed by atoms with van der Waals surface area (Å²) in [4.78, 5) is 0. The highest BCUT2D eigenvalue weighted by molar-refractivity contribution is 5.19. The summed E-state index contributed by atoms with van der Waals surface area (Å²) < 4.78 is 31.8. The molecule has 1 fully saturated rings. The second-order valence-electron chi connectivity index (χ2n) is 4.39. The van der Waals surface area contributed by atoms with Crippen LogP contribution in [0.15, 0.2) is 18.2 Å². The third-order valence-corrected chi connectivity index (χ3v) is 3.10. The van der Waals surface area contributed by atoms with Crippen molar-refractivity contribution in [2.24, 2.45) is 0 Å². The Kier molecular flexibility index (Phi) is 4.07. The maximum Gasteiger partial charge on any atom is 0.162 e. The molecule has 1 saturated heterocycles. The van der Waals surface area contributed by atoms with Crippen molar-refractivity contribution in [1.29, 1.82) is 0 Å². The summed E-state index contributed by atoms with van der Waals surface area (Å²) in [7, 11) is 0. The fourth-order valence-corrected chi connectivity index (χ4v) is 2.13. The van der Waals surface area contributed by atoms with Crippen LogP contribution in [0.25, 0.3) is 0 Å². The Labute approximate surface area is 99.2 Å². The lowest BCUT2D eigenvalue weighted by molar-refractivity contribution is -0.0613. The molecule has 2 unspecified atom stereocenters. The molecule has 17 heavy (non-hydrogen) atoms. The van der Waals surface area contributed by atoms with E-state index in [2.05, 4.69) is 0 Å². The molecule has 1 aliphatic rings. The summed E-state index contributed by atoms with van der Waals surface area (Å²) in [6.45, 7) is 0.632. The van der Waals surface area contributed by atoms with Crippen LogP contribution in [0, 0.1) is 11.6 Å². The Bertz CT molecular complexity index is 376. The average molecular weight is 242 g/mol. The van der Waals surface area contributed by atoms with Gasteiger partial charge in [-0.1, -0.05) is 12.1 Å². The highest BCUT2D eigenvalue weighted by atomic mass is 19.2. The Hall–Kier alpha value is -1.00. The van der Waals surface area contributed by atoms with E-state index in [1.807, 2.05) is 0 Å². The Morgan fingerprint density at radius 3 is 2.88 bits per heavy atom. The second-order valence-corrected chi connectivity index (χ2v) is 4.39. The molecular weight excluding hydrogens is 226 g/mol. The van der Waals surface area contributed by atoms with E-state index in [1.54, 1.807) is 0 Å². The number of aliphatic hydroxyl groups is 1. The fraction of sp³-hybridized carbons (Fsp3) is 0.538. The summed E-state index contributed by atoms with van der Waals surface area (Å²) in [5, 5.41) is 9.93. The molecule has 2 atom stereocenters. The van der Waals surface area contributed by atoms with Crippen LogP contribution in [0.5, 0.6) is 0 Å². The van der Waals surface area contributed by atoms with Crippen molar-refractivity contribution < 1.29 is 18.6 Å². The van der Waals surface area contributed by atoms with E-state index in [0.717, 1.165) is 25.3 Å². The largest absolute Gasteiger partial charge is 0.390 e. The van der Waals surface area contributed by atoms with Gasteiger partial charge in [0.25, 0.3) is 0 Å². The zero-order chi connectivity index (χ0) is 12.3. The van der Waals surface area contributed by atoms with Crippen LogP contribution in [0.1, 0.15) is 24.8 Å². The van der Waals surface area contributed by atoms with Gasteiger partial charge in [0.05, 0.1) is 12.2 Å². The zero-order valence-corrected chi connectivity index (χ0v) is 9.53. The Balaban J connectivity index is 2.01. The maximum atomic E-state index is 13.4. The van der Waals surface area contributed by atoms with Gasteiger partial charge in [-0.3, -0.25) is 0 Å². The number of benzene rings is 1. The van der Waals surface area contributed by atoms with E-state index in [1.165, 1.54) is 12.1 Å². The van der Waals surface area contributed by atoms with Crippen LogP contribution in [-0.2, 0) is 11.2 Å². The monoisotopic (exact) mass is 242 g/mol. The van der Waals surface area contributed by atoms with Crippen LogP contribution in [0.2, 0.25) is 0 Å². The summed E-state index contributed by atoms with van der Waals surface area (Å²) in [6.07, 6.45) is 1.84. The smallest absolute Gasteiger partial charge is 0.162 e. The molecule has 1 aromatic carbocycles. The summed E-state index contributed by atoms with van der Waals surface area (Å²) in [5.74, 6) is -1.75. The topological polar surface area (TPSA) is 29.5 Å². The third kappa shape index (κ3) is 3.01. The second kappa shape index (κ2) is 5.56. The first kappa shape index (κ1) is 12.5. The van der Waals surface area contributed by atoms with Crippen LogP contribution in [0.4, 0.5) is 8.78 Å². The van der Waals surface area contributed by atoms with Crippen molar-refractivity contribution in [2.75, 3.05) is 6.61 Å². The highest BCUT2D eigenvalue weighted by Crippen LogP contribution is 2.20. The van der Waals surface area contributed by atoms with Crippen LogP contribution in [0.3, 0.4) is 0 Å². The third-order valence-electron chi connectivity index (χ3n) is 3.10. The van der Waals surface area contributed by atoms with E-state index >= 15 is 0 Å². The first-order chi connectivity index (χ1) is 8.18. The van der Waals surface area contributed by atoms with E-state index in [-0.39, 0.29) is 18.1 Å². The highest BCUT2D eigenvalue weighted by Gasteiger charge is 2.24.